The van der Waals surface area contributed by atoms with Gasteiger partial charge in [0, 0.05) is 0 Å². The van der Waals surface area contributed by atoms with Gasteiger partial charge in [-0.3, -0.25) is 0 Å². The highest BCUT2D eigenvalue weighted by Gasteiger charge is 2.29. The molecule has 2 nitrogen and oxygen atoms in total. The Balaban J connectivity index is 1.99. The van der Waals surface area contributed by atoms with Crippen LogP contribution in [-0.2, 0) is 25.7 Å². The molecule has 0 aliphatic heterocycles. The third-order valence-corrected chi connectivity index (χ3v) is 4.93. The first-order valence-corrected chi connectivity index (χ1v) is 9.63. The van der Waals surface area contributed by atoms with E-state index in [0.717, 1.165) is 30.4 Å². The maximum absolute atomic E-state index is 8.80. The lowest BCUT2D eigenvalue weighted by Gasteiger charge is -2.35. The Labute approximate surface area is 164 Å². The largest absolute Gasteiger partial charge is 0.198 e. The fourth-order valence-corrected chi connectivity index (χ4v) is 4.26. The minimum absolute atomic E-state index is 0.195. The first-order chi connectivity index (χ1) is 12.7. The highest BCUT2D eigenvalue weighted by molar-refractivity contribution is 5.26. The smallest absolute Gasteiger partial charge is 0.0669 e. The predicted octanol–water partition coefficient (Wildman–Crippen LogP) is 6.05. The normalized spacial score (nSPS) is 11.6. The first-order valence-electron chi connectivity index (χ1n) is 9.63. The van der Waals surface area contributed by atoms with E-state index in [-0.39, 0.29) is 10.8 Å². The lowest BCUT2D eigenvalue weighted by atomic mass is 9.70. The van der Waals surface area contributed by atoms with Gasteiger partial charge in [0.25, 0.3) is 0 Å². The average Bonchev–Trinajstić information content (AvgIpc) is 2.57. The van der Waals surface area contributed by atoms with Gasteiger partial charge in [-0.2, -0.15) is 10.5 Å². The second kappa shape index (κ2) is 8.88. The van der Waals surface area contributed by atoms with Gasteiger partial charge in [0.05, 0.1) is 25.0 Å². The summed E-state index contributed by atoms with van der Waals surface area (Å²) in [5.41, 5.74) is 5.22. The summed E-state index contributed by atoms with van der Waals surface area (Å²) >= 11 is 0. The van der Waals surface area contributed by atoms with Crippen molar-refractivity contribution < 1.29 is 0 Å². The van der Waals surface area contributed by atoms with E-state index >= 15 is 0 Å². The van der Waals surface area contributed by atoms with Crippen molar-refractivity contribution in [1.82, 2.24) is 0 Å². The number of nitrogens with zero attached hydrogens (tertiary/aromatic N) is 2. The van der Waals surface area contributed by atoms with Crippen LogP contribution in [0, 0.1) is 33.5 Å². The predicted molar refractivity (Wildman–Crippen MR) is 111 cm³/mol. The van der Waals surface area contributed by atoms with Crippen molar-refractivity contribution in [1.29, 1.82) is 10.5 Å². The van der Waals surface area contributed by atoms with Crippen LogP contribution in [0.2, 0.25) is 0 Å². The second-order valence-electron chi connectivity index (χ2n) is 9.16. The molecule has 0 bridgehead atoms. The van der Waals surface area contributed by atoms with Crippen LogP contribution in [0.1, 0.15) is 56.4 Å². The van der Waals surface area contributed by atoms with Gasteiger partial charge in [-0.1, -0.05) is 76.2 Å². The number of hydrogen-bond donors (Lipinski definition) is 0. The molecule has 2 aromatic rings. The maximum Gasteiger partial charge on any atom is 0.0669 e. The van der Waals surface area contributed by atoms with Gasteiger partial charge in [-0.15, -0.1) is 0 Å². The fourth-order valence-electron chi connectivity index (χ4n) is 4.26. The van der Waals surface area contributed by atoms with Gasteiger partial charge in [0.2, 0.25) is 0 Å². The van der Waals surface area contributed by atoms with Crippen molar-refractivity contribution in [2.75, 3.05) is 0 Å². The van der Waals surface area contributed by atoms with Crippen molar-refractivity contribution in [2.45, 2.75) is 59.8 Å². The average molecular weight is 359 g/mol. The summed E-state index contributed by atoms with van der Waals surface area (Å²) in [6.07, 6.45) is 4.14. The monoisotopic (exact) mass is 358 g/mol. The van der Waals surface area contributed by atoms with E-state index in [1.54, 1.807) is 0 Å². The molecule has 2 rings (SSSR count). The highest BCUT2D eigenvalue weighted by Crippen LogP contribution is 2.38. The molecule has 0 fully saturated rings. The number of nitriles is 2. The Morgan fingerprint density at radius 2 is 0.889 bits per heavy atom. The minimum atomic E-state index is 0.195. The molecule has 0 unspecified atom stereocenters. The minimum Gasteiger partial charge on any atom is -0.198 e. The third-order valence-electron chi connectivity index (χ3n) is 4.93. The van der Waals surface area contributed by atoms with Crippen molar-refractivity contribution in [2.24, 2.45) is 10.8 Å². The van der Waals surface area contributed by atoms with E-state index in [9.17, 15) is 0 Å². The summed E-state index contributed by atoms with van der Waals surface area (Å²) in [5.74, 6) is 0. The Hall–Kier alpha value is -2.58. The zero-order chi connectivity index (χ0) is 19.9. The van der Waals surface area contributed by atoms with Crippen LogP contribution in [0.5, 0.6) is 0 Å². The zero-order valence-corrected chi connectivity index (χ0v) is 17.0. The van der Waals surface area contributed by atoms with Gasteiger partial charge in [0.15, 0.2) is 0 Å². The Kier molecular flexibility index (Phi) is 6.81. The van der Waals surface area contributed by atoms with Gasteiger partial charge in [0.1, 0.15) is 0 Å². The van der Waals surface area contributed by atoms with Crippen molar-refractivity contribution >= 4 is 0 Å². The van der Waals surface area contributed by atoms with Crippen LogP contribution in [0.4, 0.5) is 0 Å². The lowest BCUT2D eigenvalue weighted by Crippen LogP contribution is -2.27. The van der Waals surface area contributed by atoms with Crippen LogP contribution in [-0.4, -0.2) is 0 Å². The Morgan fingerprint density at radius 1 is 0.593 bits per heavy atom. The molecule has 0 N–H and O–H groups in total. The molecule has 0 saturated heterocycles. The van der Waals surface area contributed by atoms with E-state index in [1.165, 1.54) is 11.1 Å². The number of hydrogen-bond acceptors (Lipinski definition) is 2. The molecule has 2 heteroatoms. The molecule has 0 heterocycles. The summed E-state index contributed by atoms with van der Waals surface area (Å²) in [7, 11) is 0. The molecule has 27 heavy (non-hydrogen) atoms. The molecule has 0 atom stereocenters. The van der Waals surface area contributed by atoms with Gasteiger partial charge < -0.3 is 0 Å². The molecule has 0 spiro atoms. The van der Waals surface area contributed by atoms with Gasteiger partial charge in [-0.05, 0) is 52.3 Å². The van der Waals surface area contributed by atoms with E-state index < -0.39 is 0 Å². The summed E-state index contributed by atoms with van der Waals surface area (Å²) in [6, 6.07) is 21.3. The molecule has 0 saturated carbocycles. The van der Waals surface area contributed by atoms with Crippen molar-refractivity contribution in [3.8, 4) is 12.1 Å². The van der Waals surface area contributed by atoms with E-state index in [4.69, 9.17) is 10.5 Å². The summed E-state index contributed by atoms with van der Waals surface area (Å²) in [6.45, 7) is 9.36. The maximum atomic E-state index is 8.80. The van der Waals surface area contributed by atoms with Gasteiger partial charge in [-0.25, -0.2) is 0 Å². The fraction of sp³-hybridized carbons (Fsp3) is 0.440. The Bertz CT molecular complexity index is 741. The molecule has 0 radical (unpaired) electrons. The number of rotatable bonds is 8. The van der Waals surface area contributed by atoms with Crippen molar-refractivity contribution in [3.63, 3.8) is 0 Å². The van der Waals surface area contributed by atoms with Gasteiger partial charge >= 0.3 is 0 Å². The molecular weight excluding hydrogens is 328 g/mol. The Morgan fingerprint density at radius 3 is 1.19 bits per heavy atom. The quantitative estimate of drug-likeness (QED) is 0.577. The second-order valence-corrected chi connectivity index (χ2v) is 9.16. The third kappa shape index (κ3) is 6.92. The lowest BCUT2D eigenvalue weighted by molar-refractivity contribution is 0.192. The standard InChI is InChI=1S/C25H30N2/c1-24(2,17-22-9-5-20(6-10-22)13-15-26)19-25(3,4)18-23-11-7-21(8-12-23)14-16-27/h5-12H,13-14,17-19H2,1-4H3. The van der Waals surface area contributed by atoms with Crippen LogP contribution < -0.4 is 0 Å². The van der Waals surface area contributed by atoms with Crippen molar-refractivity contribution in [3.05, 3.63) is 70.8 Å². The number of benzene rings is 2. The van der Waals surface area contributed by atoms with Crippen LogP contribution in [0.15, 0.2) is 48.5 Å². The molecular formula is C25H30N2. The summed E-state index contributed by atoms with van der Waals surface area (Å²) in [5, 5.41) is 17.6. The SMILES string of the molecule is CC(C)(Cc1ccc(CC#N)cc1)CC(C)(C)Cc1ccc(CC#N)cc1. The molecule has 0 amide bonds. The van der Waals surface area contributed by atoms with E-state index in [2.05, 4.69) is 88.4 Å². The highest BCUT2D eigenvalue weighted by atomic mass is 14.3. The molecule has 0 aliphatic rings. The van der Waals surface area contributed by atoms with E-state index in [1.807, 2.05) is 0 Å². The topological polar surface area (TPSA) is 47.6 Å². The van der Waals surface area contributed by atoms with Crippen LogP contribution in [0.3, 0.4) is 0 Å². The summed E-state index contributed by atoms with van der Waals surface area (Å²) < 4.78 is 0. The van der Waals surface area contributed by atoms with E-state index in [0.29, 0.717) is 12.8 Å². The molecule has 0 aliphatic carbocycles. The zero-order valence-electron chi connectivity index (χ0n) is 17.0. The molecule has 140 valence electrons. The molecule has 2 aromatic carbocycles. The first kappa shape index (κ1) is 20.7. The summed E-state index contributed by atoms with van der Waals surface area (Å²) in [4.78, 5) is 0. The van der Waals surface area contributed by atoms with Crippen LogP contribution in [0.25, 0.3) is 0 Å². The molecule has 0 aromatic heterocycles. The van der Waals surface area contributed by atoms with Crippen LogP contribution >= 0.6 is 0 Å².